The van der Waals surface area contributed by atoms with Gasteiger partial charge in [-0.2, -0.15) is 10.2 Å². The molecule has 5 rings (SSSR count). The molecule has 42 heavy (non-hydrogen) atoms. The van der Waals surface area contributed by atoms with Crippen molar-refractivity contribution in [3.05, 3.63) is 122 Å². The average Bonchev–Trinajstić information content (AvgIpc) is 3.53. The molecule has 0 amide bonds. The topological polar surface area (TPSA) is 194 Å². The molecule has 0 fully saturated rings. The highest BCUT2D eigenvalue weighted by atomic mass is 35.5. The zero-order valence-corrected chi connectivity index (χ0v) is 23.9. The van der Waals surface area contributed by atoms with Crippen LogP contribution < -0.4 is 16.4 Å². The predicted octanol–water partition coefficient (Wildman–Crippen LogP) is 6.99. The normalized spacial score (nSPS) is 9.40. The van der Waals surface area contributed by atoms with E-state index in [0.717, 1.165) is 58.5 Å². The van der Waals surface area contributed by atoms with Gasteiger partial charge in [0.1, 0.15) is 5.82 Å². The molecule has 2 heterocycles. The maximum atomic E-state index is 12.1. The van der Waals surface area contributed by atoms with Crippen molar-refractivity contribution < 1.29 is 14.2 Å². The molecular formula is C26H28Cl2FN9O4. The summed E-state index contributed by atoms with van der Waals surface area (Å²) in [6.07, 6.45) is 0. The summed E-state index contributed by atoms with van der Waals surface area (Å²) in [5.41, 5.74) is 10.0. The van der Waals surface area contributed by atoms with Gasteiger partial charge in [0.25, 0.3) is 11.4 Å². The van der Waals surface area contributed by atoms with Gasteiger partial charge >= 0.3 is 0 Å². The number of non-ortho nitro benzene ring substituents is 2. The van der Waals surface area contributed by atoms with Gasteiger partial charge in [-0.15, -0.1) is 24.8 Å². The largest absolute Gasteiger partial charge is 0.399 e. The summed E-state index contributed by atoms with van der Waals surface area (Å²) in [5.74, 6) is 1.03. The number of benzene rings is 3. The number of nitro benzene ring substituents is 2. The minimum atomic E-state index is -0.570. The SMILES string of the molecule is Cc1cc(Nc2ccc(N)cc2)n[nH]1.Cc1cc(Nc2ccc([N+](=O)[O-])cc2)n[nH]1.Cl.Cl.O=[N+]([O-])c1ccc(F)cc1. The van der Waals surface area contributed by atoms with Crippen LogP contribution in [0, 0.1) is 39.9 Å². The quantitative estimate of drug-likeness (QED) is 0.0755. The van der Waals surface area contributed by atoms with Gasteiger partial charge in [0, 0.05) is 64.8 Å². The van der Waals surface area contributed by atoms with E-state index in [4.69, 9.17) is 5.73 Å². The molecule has 16 heteroatoms. The Hall–Kier alpha value is -5.21. The zero-order chi connectivity index (χ0) is 29.1. The Morgan fingerprint density at radius 2 is 1.05 bits per heavy atom. The number of aromatic nitrogens is 4. The molecule has 0 aliphatic rings. The third kappa shape index (κ3) is 11.5. The van der Waals surface area contributed by atoms with E-state index >= 15 is 0 Å². The van der Waals surface area contributed by atoms with Crippen molar-refractivity contribution in [2.45, 2.75) is 13.8 Å². The van der Waals surface area contributed by atoms with E-state index in [0.29, 0.717) is 5.82 Å². The molecule has 0 saturated carbocycles. The summed E-state index contributed by atoms with van der Waals surface area (Å²) in [7, 11) is 0. The Bertz CT molecular complexity index is 1550. The maximum Gasteiger partial charge on any atom is 0.269 e. The fourth-order valence-corrected chi connectivity index (χ4v) is 3.06. The van der Waals surface area contributed by atoms with E-state index in [-0.39, 0.29) is 36.2 Å². The van der Waals surface area contributed by atoms with Crippen LogP contribution in [0.5, 0.6) is 0 Å². The highest BCUT2D eigenvalue weighted by Crippen LogP contribution is 2.19. The molecule has 2 aromatic heterocycles. The molecule has 13 nitrogen and oxygen atoms in total. The third-order valence-corrected chi connectivity index (χ3v) is 4.98. The number of nitro groups is 2. The molecule has 0 atom stereocenters. The van der Waals surface area contributed by atoms with E-state index in [2.05, 4.69) is 31.0 Å². The number of nitrogens with one attached hydrogen (secondary N) is 4. The van der Waals surface area contributed by atoms with Crippen molar-refractivity contribution in [1.29, 1.82) is 0 Å². The lowest BCUT2D eigenvalue weighted by Gasteiger charge is -2.01. The van der Waals surface area contributed by atoms with Crippen LogP contribution in [0.2, 0.25) is 0 Å². The van der Waals surface area contributed by atoms with Crippen LogP contribution >= 0.6 is 24.8 Å². The molecule has 6 N–H and O–H groups in total. The van der Waals surface area contributed by atoms with E-state index in [9.17, 15) is 24.6 Å². The van der Waals surface area contributed by atoms with Gasteiger partial charge in [0.05, 0.1) is 9.85 Å². The van der Waals surface area contributed by atoms with Crippen molar-refractivity contribution >= 4 is 64.9 Å². The second kappa shape index (κ2) is 16.8. The molecule has 0 unspecified atom stereocenters. The molecule has 0 saturated heterocycles. The number of hydrogen-bond donors (Lipinski definition) is 5. The molecular weight excluding hydrogens is 592 g/mol. The number of nitrogens with zero attached hydrogens (tertiary/aromatic N) is 4. The molecule has 0 bridgehead atoms. The Kier molecular flexibility index (Phi) is 13.9. The van der Waals surface area contributed by atoms with Crippen molar-refractivity contribution in [1.82, 2.24) is 20.4 Å². The second-order valence-electron chi connectivity index (χ2n) is 8.28. The lowest BCUT2D eigenvalue weighted by molar-refractivity contribution is -0.385. The first kappa shape index (κ1) is 34.8. The number of halogens is 3. The van der Waals surface area contributed by atoms with E-state index in [1.165, 1.54) is 12.1 Å². The lowest BCUT2D eigenvalue weighted by atomic mass is 10.3. The molecule has 0 aliphatic heterocycles. The summed E-state index contributed by atoms with van der Waals surface area (Å²) in [5, 5.41) is 40.3. The number of aryl methyl sites for hydroxylation is 2. The van der Waals surface area contributed by atoms with Crippen LogP contribution in [0.25, 0.3) is 0 Å². The Morgan fingerprint density at radius 1 is 0.690 bits per heavy atom. The number of anilines is 5. The molecule has 5 aromatic rings. The first-order chi connectivity index (χ1) is 19.1. The minimum Gasteiger partial charge on any atom is -0.399 e. The van der Waals surface area contributed by atoms with Gasteiger partial charge in [-0.3, -0.25) is 30.4 Å². The van der Waals surface area contributed by atoms with Crippen LogP contribution in [0.4, 0.5) is 44.5 Å². The Balaban J connectivity index is 0.000000315. The van der Waals surface area contributed by atoms with Crippen LogP contribution in [0.3, 0.4) is 0 Å². The van der Waals surface area contributed by atoms with Gasteiger partial charge in [-0.25, -0.2) is 4.39 Å². The number of hydrogen-bond acceptors (Lipinski definition) is 9. The van der Waals surface area contributed by atoms with E-state index in [1.54, 1.807) is 12.1 Å². The highest BCUT2D eigenvalue weighted by molar-refractivity contribution is 5.85. The standard InChI is InChI=1S/C10H10N4O2.C10H12N4.C6H4FNO2.2ClH/c1-7-6-10(13-12-7)11-8-2-4-9(5-3-8)14(15)16;1-7-6-10(14-13-7)12-9-4-2-8(11)3-5-9;7-5-1-3-6(4-2-5)8(9)10;;/h2-6H,1H3,(H2,11,12,13);2-6H,11H2,1H3,(H2,12,13,14);1-4H;2*1H. The summed E-state index contributed by atoms with van der Waals surface area (Å²) in [6, 6.07) is 21.8. The Morgan fingerprint density at radius 3 is 1.38 bits per heavy atom. The summed E-state index contributed by atoms with van der Waals surface area (Å²) in [6.45, 7) is 3.86. The van der Waals surface area contributed by atoms with Gasteiger partial charge in [-0.05, 0) is 62.4 Å². The number of nitrogens with two attached hydrogens (primary N) is 1. The number of aromatic amines is 2. The third-order valence-electron chi connectivity index (χ3n) is 4.98. The van der Waals surface area contributed by atoms with Gasteiger partial charge in [-0.1, -0.05) is 0 Å². The van der Waals surface area contributed by atoms with Crippen LogP contribution in [-0.2, 0) is 0 Å². The number of H-pyrrole nitrogens is 2. The monoisotopic (exact) mass is 619 g/mol. The molecule has 0 spiro atoms. The zero-order valence-electron chi connectivity index (χ0n) is 22.3. The second-order valence-corrected chi connectivity index (χ2v) is 8.28. The van der Waals surface area contributed by atoms with Gasteiger partial charge < -0.3 is 16.4 Å². The van der Waals surface area contributed by atoms with Crippen LogP contribution in [-0.4, -0.2) is 30.2 Å². The fourth-order valence-electron chi connectivity index (χ4n) is 3.06. The van der Waals surface area contributed by atoms with Crippen molar-refractivity contribution in [3.8, 4) is 0 Å². The fraction of sp³-hybridized carbons (Fsp3) is 0.0769. The van der Waals surface area contributed by atoms with Crippen molar-refractivity contribution in [2.75, 3.05) is 16.4 Å². The number of rotatable bonds is 6. The summed E-state index contributed by atoms with van der Waals surface area (Å²) in [4.78, 5) is 19.4. The number of nitrogen functional groups attached to an aromatic ring is 1. The lowest BCUT2D eigenvalue weighted by Crippen LogP contribution is -1.91. The van der Waals surface area contributed by atoms with E-state index < -0.39 is 15.7 Å². The van der Waals surface area contributed by atoms with Crippen molar-refractivity contribution in [2.24, 2.45) is 0 Å². The molecule has 0 radical (unpaired) electrons. The van der Waals surface area contributed by atoms with Crippen LogP contribution in [0.1, 0.15) is 11.4 Å². The molecule has 0 aliphatic carbocycles. The van der Waals surface area contributed by atoms with Crippen molar-refractivity contribution in [3.63, 3.8) is 0 Å². The summed E-state index contributed by atoms with van der Waals surface area (Å²) >= 11 is 0. The first-order valence-corrected chi connectivity index (χ1v) is 11.7. The van der Waals surface area contributed by atoms with Gasteiger partial charge in [0.15, 0.2) is 11.6 Å². The van der Waals surface area contributed by atoms with E-state index in [1.807, 2.05) is 50.2 Å². The average molecular weight is 620 g/mol. The van der Waals surface area contributed by atoms with Gasteiger partial charge in [0.2, 0.25) is 0 Å². The Labute approximate surface area is 251 Å². The maximum absolute atomic E-state index is 12.1. The highest BCUT2D eigenvalue weighted by Gasteiger charge is 2.05. The van der Waals surface area contributed by atoms with Crippen LogP contribution in [0.15, 0.2) is 84.9 Å². The molecule has 3 aromatic carbocycles. The predicted molar refractivity (Wildman–Crippen MR) is 165 cm³/mol. The first-order valence-electron chi connectivity index (χ1n) is 11.7. The minimum absolute atomic E-state index is 0. The summed E-state index contributed by atoms with van der Waals surface area (Å²) < 4.78 is 12.1. The molecule has 222 valence electrons. The smallest absolute Gasteiger partial charge is 0.269 e.